The van der Waals surface area contributed by atoms with Crippen LogP contribution in [0.3, 0.4) is 0 Å². The molecule has 28 heavy (non-hydrogen) atoms. The van der Waals surface area contributed by atoms with Crippen LogP contribution in [0.25, 0.3) is 6.08 Å². The molecule has 1 heterocycles. The molecule has 1 saturated heterocycles. The van der Waals surface area contributed by atoms with Crippen molar-refractivity contribution < 1.29 is 16.8 Å². The second-order valence-corrected chi connectivity index (χ2v) is 10.3. The van der Waals surface area contributed by atoms with Crippen molar-refractivity contribution in [2.45, 2.75) is 31.1 Å². The predicted octanol–water partition coefficient (Wildman–Crippen LogP) is 3.58. The van der Waals surface area contributed by atoms with Crippen LogP contribution in [0.5, 0.6) is 0 Å². The summed E-state index contributed by atoms with van der Waals surface area (Å²) in [5, 5.41) is 1.07. The molecular formula is C20H24N2O4S2. The van der Waals surface area contributed by atoms with E-state index < -0.39 is 20.0 Å². The number of hydrogen-bond acceptors (Lipinski definition) is 4. The molecule has 2 aromatic rings. The quantitative estimate of drug-likeness (QED) is 0.774. The van der Waals surface area contributed by atoms with Gasteiger partial charge in [-0.3, -0.25) is 4.72 Å². The van der Waals surface area contributed by atoms with Crippen molar-refractivity contribution in [3.05, 3.63) is 65.1 Å². The first-order valence-corrected chi connectivity index (χ1v) is 12.1. The normalized spacial score (nSPS) is 16.3. The van der Waals surface area contributed by atoms with E-state index in [-0.39, 0.29) is 10.6 Å². The molecule has 0 atom stereocenters. The molecule has 0 saturated carbocycles. The number of hydrogen-bond donors (Lipinski definition) is 1. The summed E-state index contributed by atoms with van der Waals surface area (Å²) in [6.45, 7) is 2.71. The van der Waals surface area contributed by atoms with Crippen LogP contribution >= 0.6 is 0 Å². The molecule has 0 aliphatic carbocycles. The highest BCUT2D eigenvalue weighted by atomic mass is 32.2. The fourth-order valence-corrected chi connectivity index (χ4v) is 5.74. The lowest BCUT2D eigenvalue weighted by Crippen LogP contribution is -2.36. The summed E-state index contributed by atoms with van der Waals surface area (Å²) in [6.07, 6.45) is 4.20. The maximum absolute atomic E-state index is 13.0. The number of anilines is 1. The third-order valence-corrected chi connectivity index (χ3v) is 7.68. The summed E-state index contributed by atoms with van der Waals surface area (Å²) in [6, 6.07) is 13.7. The molecule has 1 aliphatic rings. The fourth-order valence-electron chi connectivity index (χ4n) is 3.12. The Morgan fingerprint density at radius 2 is 1.61 bits per heavy atom. The molecular weight excluding hydrogens is 396 g/mol. The van der Waals surface area contributed by atoms with Gasteiger partial charge in [-0.2, -0.15) is 4.31 Å². The van der Waals surface area contributed by atoms with Crippen molar-refractivity contribution >= 4 is 31.8 Å². The molecule has 2 aromatic carbocycles. The van der Waals surface area contributed by atoms with Gasteiger partial charge < -0.3 is 0 Å². The molecule has 0 unspecified atom stereocenters. The van der Waals surface area contributed by atoms with Crippen molar-refractivity contribution in [2.24, 2.45) is 0 Å². The minimum Gasteiger partial charge on any atom is -0.280 e. The third kappa shape index (κ3) is 5.01. The Kier molecular flexibility index (Phi) is 6.22. The van der Waals surface area contributed by atoms with Gasteiger partial charge in [0.2, 0.25) is 10.0 Å². The van der Waals surface area contributed by atoms with E-state index in [0.717, 1.165) is 30.2 Å². The van der Waals surface area contributed by atoms with Crippen LogP contribution in [0.1, 0.15) is 30.4 Å². The molecule has 8 heteroatoms. The van der Waals surface area contributed by atoms with Gasteiger partial charge in [0.1, 0.15) is 0 Å². The first kappa shape index (κ1) is 20.6. The summed E-state index contributed by atoms with van der Waals surface area (Å²) < 4.78 is 54.6. The highest BCUT2D eigenvalue weighted by Crippen LogP contribution is 2.26. The summed E-state index contributed by atoms with van der Waals surface area (Å²) in [4.78, 5) is 0.140. The van der Waals surface area contributed by atoms with Crippen molar-refractivity contribution in [1.82, 2.24) is 4.31 Å². The van der Waals surface area contributed by atoms with Gasteiger partial charge in [0.25, 0.3) is 10.0 Å². The van der Waals surface area contributed by atoms with Gasteiger partial charge >= 0.3 is 0 Å². The van der Waals surface area contributed by atoms with Crippen molar-refractivity contribution in [3.8, 4) is 0 Å². The molecule has 150 valence electrons. The lowest BCUT2D eigenvalue weighted by atomic mass is 10.2. The van der Waals surface area contributed by atoms with Gasteiger partial charge in [0, 0.05) is 13.1 Å². The highest BCUT2D eigenvalue weighted by Gasteiger charge is 2.27. The number of sulfonamides is 2. The lowest BCUT2D eigenvalue weighted by molar-refractivity contribution is 0.346. The minimum atomic E-state index is -3.77. The molecule has 0 radical (unpaired) electrons. The van der Waals surface area contributed by atoms with Gasteiger partial charge in [-0.05, 0) is 49.1 Å². The Balaban J connectivity index is 1.84. The van der Waals surface area contributed by atoms with Gasteiger partial charge in [-0.15, -0.1) is 0 Å². The number of nitrogens with zero attached hydrogens (tertiary/aromatic N) is 1. The maximum Gasteiger partial charge on any atom is 0.255 e. The van der Waals surface area contributed by atoms with Crippen LogP contribution in [0, 0.1) is 6.92 Å². The largest absolute Gasteiger partial charge is 0.280 e. The Morgan fingerprint density at radius 3 is 2.29 bits per heavy atom. The zero-order valence-corrected chi connectivity index (χ0v) is 17.3. The van der Waals surface area contributed by atoms with Crippen molar-refractivity contribution in [3.63, 3.8) is 0 Å². The van der Waals surface area contributed by atoms with Gasteiger partial charge in [0.15, 0.2) is 0 Å². The smallest absolute Gasteiger partial charge is 0.255 e. The van der Waals surface area contributed by atoms with Crippen LogP contribution in [-0.2, 0) is 20.0 Å². The average molecular weight is 421 g/mol. The minimum absolute atomic E-state index is 0.140. The van der Waals surface area contributed by atoms with Crippen LogP contribution < -0.4 is 4.72 Å². The number of aryl methyl sites for hydroxylation is 1. The molecule has 0 spiro atoms. The summed E-state index contributed by atoms with van der Waals surface area (Å²) in [7, 11) is -7.42. The Morgan fingerprint density at radius 1 is 0.929 bits per heavy atom. The van der Waals surface area contributed by atoms with Gasteiger partial charge in [-0.25, -0.2) is 16.8 Å². The Labute approximate surface area is 167 Å². The van der Waals surface area contributed by atoms with E-state index in [1.165, 1.54) is 16.4 Å². The van der Waals surface area contributed by atoms with Crippen LogP contribution in [0.4, 0.5) is 5.69 Å². The van der Waals surface area contributed by atoms with Crippen molar-refractivity contribution in [2.75, 3.05) is 17.8 Å². The Bertz CT molecular complexity index is 1060. The van der Waals surface area contributed by atoms with Crippen LogP contribution in [0.2, 0.25) is 0 Å². The predicted molar refractivity (Wildman–Crippen MR) is 112 cm³/mol. The van der Waals surface area contributed by atoms with E-state index in [1.807, 2.05) is 18.2 Å². The molecule has 0 amide bonds. The second kappa shape index (κ2) is 8.46. The van der Waals surface area contributed by atoms with E-state index in [2.05, 4.69) is 4.72 Å². The molecule has 1 N–H and O–H groups in total. The maximum atomic E-state index is 13.0. The average Bonchev–Trinajstić information content (AvgIpc) is 2.69. The molecule has 6 nitrogen and oxygen atoms in total. The second-order valence-electron chi connectivity index (χ2n) is 6.81. The highest BCUT2D eigenvalue weighted by molar-refractivity contribution is 7.95. The van der Waals surface area contributed by atoms with E-state index in [1.54, 1.807) is 31.2 Å². The molecule has 0 aromatic heterocycles. The number of nitrogens with one attached hydrogen (secondary N) is 1. The zero-order chi connectivity index (χ0) is 20.2. The monoisotopic (exact) mass is 420 g/mol. The zero-order valence-electron chi connectivity index (χ0n) is 15.7. The van der Waals surface area contributed by atoms with Gasteiger partial charge in [-0.1, -0.05) is 42.8 Å². The first-order chi connectivity index (χ1) is 13.3. The van der Waals surface area contributed by atoms with Crippen molar-refractivity contribution in [1.29, 1.82) is 0 Å². The van der Waals surface area contributed by atoms with Crippen LogP contribution in [0.15, 0.2) is 58.8 Å². The fraction of sp³-hybridized carbons (Fsp3) is 0.300. The summed E-state index contributed by atoms with van der Waals surface area (Å²) >= 11 is 0. The SMILES string of the molecule is Cc1ccc(NS(=O)(=O)/C=C/c2ccccc2)cc1S(=O)(=O)N1CCCCC1. The standard InChI is InChI=1S/C20H24N2O4S2/c1-17-10-11-19(16-20(17)28(25,26)22-13-6-3-7-14-22)21-27(23,24)15-12-18-8-4-2-5-9-18/h2,4-5,8-12,15-16,21H,3,6-7,13-14H2,1H3/b15-12+. The number of piperidine rings is 1. The third-order valence-electron chi connectivity index (χ3n) is 4.62. The van der Waals surface area contributed by atoms with E-state index in [0.29, 0.717) is 18.7 Å². The topological polar surface area (TPSA) is 83.5 Å². The molecule has 1 fully saturated rings. The summed E-state index contributed by atoms with van der Waals surface area (Å²) in [5.74, 6) is 0. The van der Waals surface area contributed by atoms with E-state index >= 15 is 0 Å². The first-order valence-electron chi connectivity index (χ1n) is 9.15. The number of rotatable bonds is 6. The summed E-state index contributed by atoms with van der Waals surface area (Å²) in [5.41, 5.74) is 1.57. The molecule has 1 aliphatic heterocycles. The molecule has 0 bridgehead atoms. The number of benzene rings is 2. The van der Waals surface area contributed by atoms with E-state index in [9.17, 15) is 16.8 Å². The van der Waals surface area contributed by atoms with E-state index in [4.69, 9.17) is 0 Å². The molecule has 3 rings (SSSR count). The Hall–Kier alpha value is -2.16. The lowest BCUT2D eigenvalue weighted by Gasteiger charge is -2.26. The van der Waals surface area contributed by atoms with Crippen LogP contribution in [-0.4, -0.2) is 34.2 Å². The van der Waals surface area contributed by atoms with Gasteiger partial charge in [0.05, 0.1) is 16.0 Å².